The summed E-state index contributed by atoms with van der Waals surface area (Å²) in [6, 6.07) is 3.55. The predicted molar refractivity (Wildman–Crippen MR) is 61.9 cm³/mol. The Bertz CT molecular complexity index is 470. The molecule has 2 aliphatic rings. The van der Waals surface area contributed by atoms with Crippen LogP contribution in [-0.4, -0.2) is 24.3 Å². The van der Waals surface area contributed by atoms with Crippen molar-refractivity contribution in [1.82, 2.24) is 4.90 Å². The molecular weight excluding hydrogens is 240 g/mol. The van der Waals surface area contributed by atoms with Gasteiger partial charge in [-0.05, 0) is 50.0 Å². The number of aryl methyl sites for hydroxylation is 1. The van der Waals surface area contributed by atoms with Gasteiger partial charge in [0.2, 0.25) is 0 Å². The molecule has 0 radical (unpaired) electrons. The topological polar surface area (TPSA) is 21.7 Å². The molecule has 0 saturated carbocycles. The molecule has 0 aliphatic carbocycles. The molecule has 0 bridgehead atoms. The summed E-state index contributed by atoms with van der Waals surface area (Å²) in [4.78, 5) is 2.31. The Kier molecular flexibility index (Phi) is 2.66. The zero-order chi connectivity index (χ0) is 12.8. The van der Waals surface area contributed by atoms with Gasteiger partial charge >= 0.3 is 6.29 Å². The number of nitrogens with zero attached hydrogens (tertiary/aromatic N) is 1. The van der Waals surface area contributed by atoms with E-state index < -0.39 is 6.29 Å². The van der Waals surface area contributed by atoms with Crippen LogP contribution in [0.2, 0.25) is 0 Å². The fraction of sp³-hybridized carbons (Fsp3) is 0.538. The molecule has 3 rings (SSSR count). The minimum Gasteiger partial charge on any atom is -0.395 e. The predicted octanol–water partition coefficient (Wildman–Crippen LogP) is 2.91. The van der Waals surface area contributed by atoms with E-state index in [0.29, 0.717) is 5.56 Å². The average molecular weight is 255 g/mol. The summed E-state index contributed by atoms with van der Waals surface area (Å²) < 4.78 is 35.0. The molecule has 2 heterocycles. The fourth-order valence-electron chi connectivity index (χ4n) is 2.58. The van der Waals surface area contributed by atoms with Gasteiger partial charge in [0.1, 0.15) is 0 Å². The van der Waals surface area contributed by atoms with Crippen LogP contribution in [0.25, 0.3) is 0 Å². The summed E-state index contributed by atoms with van der Waals surface area (Å²) in [6.45, 7) is 4.69. The van der Waals surface area contributed by atoms with Crippen LogP contribution in [0.4, 0.5) is 8.78 Å². The summed E-state index contributed by atoms with van der Waals surface area (Å²) in [5, 5.41) is 0. The number of hydrogen-bond donors (Lipinski definition) is 0. The van der Waals surface area contributed by atoms with Crippen LogP contribution in [0, 0.1) is 6.92 Å². The van der Waals surface area contributed by atoms with Crippen molar-refractivity contribution in [3.63, 3.8) is 0 Å². The molecule has 1 aromatic rings. The second-order valence-electron chi connectivity index (χ2n) is 4.89. The highest BCUT2D eigenvalue weighted by atomic mass is 19.3. The molecular formula is C13H15F2NO2. The monoisotopic (exact) mass is 255 g/mol. The Morgan fingerprint density at radius 1 is 1.22 bits per heavy atom. The van der Waals surface area contributed by atoms with Gasteiger partial charge < -0.3 is 9.47 Å². The minimum atomic E-state index is -3.53. The minimum absolute atomic E-state index is 0.147. The van der Waals surface area contributed by atoms with Crippen molar-refractivity contribution in [1.29, 1.82) is 0 Å². The first-order valence-electron chi connectivity index (χ1n) is 6.15. The van der Waals surface area contributed by atoms with Crippen LogP contribution in [0.5, 0.6) is 11.5 Å². The molecule has 0 aromatic heterocycles. The molecule has 5 heteroatoms. The van der Waals surface area contributed by atoms with Gasteiger partial charge in [0, 0.05) is 6.54 Å². The normalized spacial score (nSPS) is 21.5. The van der Waals surface area contributed by atoms with Gasteiger partial charge in [0.15, 0.2) is 11.5 Å². The zero-order valence-corrected chi connectivity index (χ0v) is 10.2. The molecule has 0 N–H and O–H groups in total. The summed E-state index contributed by atoms with van der Waals surface area (Å²) >= 11 is 0. The molecule has 0 atom stereocenters. The smallest absolute Gasteiger partial charge is 0.395 e. The highest BCUT2D eigenvalue weighted by molar-refractivity contribution is 5.50. The summed E-state index contributed by atoms with van der Waals surface area (Å²) in [7, 11) is 0. The number of ether oxygens (including phenoxy) is 2. The van der Waals surface area contributed by atoms with Crippen LogP contribution >= 0.6 is 0 Å². The quantitative estimate of drug-likeness (QED) is 0.811. The maximum atomic E-state index is 13.0. The van der Waals surface area contributed by atoms with Crippen LogP contribution in [-0.2, 0) is 6.54 Å². The molecule has 1 fully saturated rings. The Morgan fingerprint density at radius 3 is 2.67 bits per heavy atom. The number of benzene rings is 1. The third-order valence-electron chi connectivity index (χ3n) is 3.35. The maximum absolute atomic E-state index is 13.0. The van der Waals surface area contributed by atoms with Crippen molar-refractivity contribution in [3.05, 3.63) is 23.3 Å². The Labute approximate surface area is 104 Å². The molecule has 3 nitrogen and oxygen atoms in total. The Balaban J connectivity index is 1.84. The van der Waals surface area contributed by atoms with Gasteiger partial charge in [0.25, 0.3) is 0 Å². The highest BCUT2D eigenvalue weighted by Gasteiger charge is 2.44. The van der Waals surface area contributed by atoms with Gasteiger partial charge in [-0.3, -0.25) is 4.90 Å². The zero-order valence-electron chi connectivity index (χ0n) is 10.2. The molecule has 2 aliphatic heterocycles. The van der Waals surface area contributed by atoms with Gasteiger partial charge in [-0.1, -0.05) is 6.07 Å². The molecule has 1 aromatic carbocycles. The lowest BCUT2D eigenvalue weighted by Crippen LogP contribution is -2.26. The summed E-state index contributed by atoms with van der Waals surface area (Å²) in [6.07, 6.45) is -1.11. The SMILES string of the molecule is Cc1cc(CN2CCCC2)cc2c1OC(F)(F)O2. The molecule has 1 saturated heterocycles. The average Bonchev–Trinajstić information content (AvgIpc) is 2.85. The van der Waals surface area contributed by atoms with Crippen LogP contribution in [0.1, 0.15) is 24.0 Å². The molecule has 0 unspecified atom stereocenters. The number of hydrogen-bond acceptors (Lipinski definition) is 3. The number of likely N-dealkylation sites (tertiary alicyclic amines) is 1. The Hall–Kier alpha value is -1.36. The number of rotatable bonds is 2. The van der Waals surface area contributed by atoms with E-state index in [1.807, 2.05) is 6.07 Å². The lowest BCUT2D eigenvalue weighted by atomic mass is 10.1. The van der Waals surface area contributed by atoms with E-state index in [0.717, 1.165) is 25.2 Å². The van der Waals surface area contributed by atoms with Crippen molar-refractivity contribution in [2.24, 2.45) is 0 Å². The lowest BCUT2D eigenvalue weighted by Gasteiger charge is -2.15. The second-order valence-corrected chi connectivity index (χ2v) is 4.89. The van der Waals surface area contributed by atoms with Crippen molar-refractivity contribution < 1.29 is 18.3 Å². The largest absolute Gasteiger partial charge is 0.586 e. The van der Waals surface area contributed by atoms with E-state index in [1.54, 1.807) is 13.0 Å². The number of fused-ring (bicyclic) bond motifs is 1. The maximum Gasteiger partial charge on any atom is 0.586 e. The van der Waals surface area contributed by atoms with Gasteiger partial charge in [0.05, 0.1) is 0 Å². The third kappa shape index (κ3) is 2.14. The van der Waals surface area contributed by atoms with Gasteiger partial charge in [-0.15, -0.1) is 8.78 Å². The van der Waals surface area contributed by atoms with E-state index in [9.17, 15) is 8.78 Å². The van der Waals surface area contributed by atoms with Crippen LogP contribution in [0.3, 0.4) is 0 Å². The first-order valence-corrected chi connectivity index (χ1v) is 6.15. The van der Waals surface area contributed by atoms with Crippen molar-refractivity contribution in [3.8, 4) is 11.5 Å². The summed E-state index contributed by atoms with van der Waals surface area (Å²) in [5.41, 5.74) is 1.69. The van der Waals surface area contributed by atoms with Crippen molar-refractivity contribution in [2.45, 2.75) is 32.6 Å². The second kappa shape index (κ2) is 4.09. The fourth-order valence-corrected chi connectivity index (χ4v) is 2.58. The summed E-state index contributed by atoms with van der Waals surface area (Å²) in [5.74, 6) is 0.305. The van der Waals surface area contributed by atoms with Gasteiger partial charge in [-0.25, -0.2) is 0 Å². The lowest BCUT2D eigenvalue weighted by molar-refractivity contribution is -0.286. The third-order valence-corrected chi connectivity index (χ3v) is 3.35. The van der Waals surface area contributed by atoms with E-state index >= 15 is 0 Å². The first kappa shape index (κ1) is 11.7. The highest BCUT2D eigenvalue weighted by Crippen LogP contribution is 2.43. The van der Waals surface area contributed by atoms with Gasteiger partial charge in [-0.2, -0.15) is 0 Å². The molecule has 0 spiro atoms. The van der Waals surface area contributed by atoms with Crippen molar-refractivity contribution in [2.75, 3.05) is 13.1 Å². The van der Waals surface area contributed by atoms with Crippen molar-refractivity contribution >= 4 is 0 Å². The van der Waals surface area contributed by atoms with Crippen LogP contribution in [0.15, 0.2) is 12.1 Å². The Morgan fingerprint density at radius 2 is 1.94 bits per heavy atom. The molecule has 18 heavy (non-hydrogen) atoms. The van der Waals surface area contributed by atoms with E-state index in [-0.39, 0.29) is 11.5 Å². The number of halogens is 2. The molecule has 0 amide bonds. The standard InChI is InChI=1S/C13H15F2NO2/c1-9-6-10(8-16-4-2-3-5-16)7-11-12(9)18-13(14,15)17-11/h6-7H,2-5,8H2,1H3. The van der Waals surface area contributed by atoms with E-state index in [2.05, 4.69) is 14.4 Å². The van der Waals surface area contributed by atoms with E-state index in [1.165, 1.54) is 12.8 Å². The first-order chi connectivity index (χ1) is 8.53. The van der Waals surface area contributed by atoms with E-state index in [4.69, 9.17) is 0 Å². The van der Waals surface area contributed by atoms with Crippen LogP contribution < -0.4 is 9.47 Å². The molecule has 98 valence electrons. The number of alkyl halides is 2.